The molecule has 9 heteroatoms. The molecule has 0 aromatic heterocycles. The van der Waals surface area contributed by atoms with Crippen LogP contribution in [0.15, 0.2) is 34.3 Å². The number of phenolic OH excluding ortho intramolecular Hbond substituents is 5. The van der Waals surface area contributed by atoms with Crippen molar-refractivity contribution in [1.82, 2.24) is 5.32 Å². The molecule has 134 valence electrons. The van der Waals surface area contributed by atoms with E-state index in [1.807, 2.05) is 6.07 Å². The lowest BCUT2D eigenvalue weighted by molar-refractivity contribution is 0.368. The summed E-state index contributed by atoms with van der Waals surface area (Å²) in [7, 11) is 0. The van der Waals surface area contributed by atoms with Gasteiger partial charge in [-0.3, -0.25) is 0 Å². The quantitative estimate of drug-likeness (QED) is 0.186. The summed E-state index contributed by atoms with van der Waals surface area (Å²) in [4.78, 5) is 0.100. The lowest BCUT2D eigenvalue weighted by atomic mass is 10.1. The second-order valence-corrected chi connectivity index (χ2v) is 6.47. The number of nitrogens with one attached hydrogen (secondary N) is 1. The monoisotopic (exact) mass is 436 g/mol. The Morgan fingerprint density at radius 2 is 1.62 bits per heavy atom. The fraction of sp³-hybridized carbons (Fsp3) is 0.0588. The van der Waals surface area contributed by atoms with Crippen LogP contribution in [-0.4, -0.2) is 30.5 Å². The molecule has 2 rings (SSSR count). The summed E-state index contributed by atoms with van der Waals surface area (Å²) in [6.45, 7) is 0.177. The Kier molecular flexibility index (Phi) is 5.92. The van der Waals surface area contributed by atoms with Gasteiger partial charge in [0.2, 0.25) is 0 Å². The van der Waals surface area contributed by atoms with Crippen molar-refractivity contribution in [2.75, 3.05) is 0 Å². The first kappa shape index (κ1) is 19.4. The van der Waals surface area contributed by atoms with Crippen LogP contribution in [0.25, 0.3) is 6.08 Å². The molecule has 0 aliphatic carbocycles. The van der Waals surface area contributed by atoms with Crippen LogP contribution in [0.2, 0.25) is 0 Å². The molecule has 2 aromatic rings. The van der Waals surface area contributed by atoms with E-state index in [4.69, 9.17) is 12.2 Å². The van der Waals surface area contributed by atoms with Crippen LogP contribution in [0.5, 0.6) is 28.7 Å². The minimum absolute atomic E-state index is 0.0616. The molecular formula is C17H13BrN2O5S. The Bertz CT molecular complexity index is 907. The minimum atomic E-state index is -0.654. The van der Waals surface area contributed by atoms with Gasteiger partial charge in [0.15, 0.2) is 28.7 Å². The Labute approximate surface area is 162 Å². The number of phenols is 5. The normalized spacial score (nSPS) is 11.0. The van der Waals surface area contributed by atoms with Crippen LogP contribution in [0.4, 0.5) is 0 Å². The van der Waals surface area contributed by atoms with Gasteiger partial charge in [-0.1, -0.05) is 12.2 Å². The molecule has 0 aliphatic rings. The number of benzene rings is 2. The first-order valence-corrected chi connectivity index (χ1v) is 8.28. The van der Waals surface area contributed by atoms with Crippen LogP contribution in [0, 0.1) is 11.3 Å². The molecule has 0 fully saturated rings. The first-order chi connectivity index (χ1) is 12.2. The lowest BCUT2D eigenvalue weighted by Gasteiger charge is -2.09. The molecular weight excluding hydrogens is 424 g/mol. The van der Waals surface area contributed by atoms with E-state index in [1.54, 1.807) is 6.07 Å². The summed E-state index contributed by atoms with van der Waals surface area (Å²) in [5.41, 5.74) is 0.932. The predicted molar refractivity (Wildman–Crippen MR) is 102 cm³/mol. The fourth-order valence-electron chi connectivity index (χ4n) is 2.04. The van der Waals surface area contributed by atoms with Crippen LogP contribution in [0.1, 0.15) is 11.1 Å². The molecule has 0 spiro atoms. The molecule has 0 heterocycles. The summed E-state index contributed by atoms with van der Waals surface area (Å²) in [5, 5.41) is 59.6. The highest BCUT2D eigenvalue weighted by Gasteiger charge is 2.11. The van der Waals surface area contributed by atoms with E-state index in [-0.39, 0.29) is 34.2 Å². The zero-order chi connectivity index (χ0) is 19.4. The molecule has 7 nitrogen and oxygen atoms in total. The van der Waals surface area contributed by atoms with Gasteiger partial charge >= 0.3 is 0 Å². The minimum Gasteiger partial charge on any atom is -0.504 e. The Morgan fingerprint density at radius 3 is 2.15 bits per heavy atom. The molecule has 0 radical (unpaired) electrons. The van der Waals surface area contributed by atoms with Gasteiger partial charge in [-0.2, -0.15) is 5.26 Å². The van der Waals surface area contributed by atoms with E-state index in [2.05, 4.69) is 21.2 Å². The second-order valence-electron chi connectivity index (χ2n) is 5.21. The lowest BCUT2D eigenvalue weighted by Crippen LogP contribution is -2.22. The maximum Gasteiger partial charge on any atom is 0.200 e. The summed E-state index contributed by atoms with van der Waals surface area (Å²) >= 11 is 8.26. The number of hydrogen-bond donors (Lipinski definition) is 6. The van der Waals surface area contributed by atoms with Crippen molar-refractivity contribution in [1.29, 1.82) is 5.26 Å². The molecule has 6 N–H and O–H groups in total. The predicted octanol–water partition coefficient (Wildman–Crippen LogP) is 3.00. The highest BCUT2D eigenvalue weighted by Crippen LogP contribution is 2.36. The number of halogens is 1. The molecule has 0 unspecified atom stereocenters. The fourth-order valence-corrected chi connectivity index (χ4v) is 2.72. The largest absolute Gasteiger partial charge is 0.504 e. The van der Waals surface area contributed by atoms with Gasteiger partial charge in [0.25, 0.3) is 0 Å². The first-order valence-electron chi connectivity index (χ1n) is 7.08. The van der Waals surface area contributed by atoms with Gasteiger partial charge in [-0.05, 0) is 57.4 Å². The molecule has 2 aromatic carbocycles. The number of thiocarbonyl (C=S) groups is 1. The SMILES string of the molecule is N#C/C(=C/c1cc(O)c(O)c(O)c1)C(=S)NCc1cc(O)c(O)c(Br)c1. The number of nitrogens with zero attached hydrogens (tertiary/aromatic N) is 1. The molecule has 0 saturated carbocycles. The number of nitriles is 1. The molecule has 0 atom stereocenters. The van der Waals surface area contributed by atoms with Gasteiger partial charge in [0.05, 0.1) is 10.0 Å². The van der Waals surface area contributed by atoms with Crippen LogP contribution in [-0.2, 0) is 6.54 Å². The van der Waals surface area contributed by atoms with Crippen LogP contribution in [0.3, 0.4) is 0 Å². The summed E-state index contributed by atoms with van der Waals surface area (Å²) in [5.74, 6) is -2.29. The molecule has 0 aliphatic heterocycles. The molecule has 0 amide bonds. The van der Waals surface area contributed by atoms with Crippen molar-refractivity contribution in [3.8, 4) is 34.8 Å². The summed E-state index contributed by atoms with van der Waals surface area (Å²) in [6.07, 6.45) is 1.33. The zero-order valence-electron chi connectivity index (χ0n) is 13.1. The maximum absolute atomic E-state index is 9.60. The number of hydrogen-bond acceptors (Lipinski definition) is 7. The maximum atomic E-state index is 9.60. The van der Waals surface area contributed by atoms with Gasteiger partial charge < -0.3 is 30.8 Å². The smallest absolute Gasteiger partial charge is 0.200 e. The summed E-state index contributed by atoms with van der Waals surface area (Å²) < 4.78 is 0.311. The number of rotatable bonds is 4. The molecule has 0 saturated heterocycles. The van der Waals surface area contributed by atoms with E-state index in [1.165, 1.54) is 24.3 Å². The standard InChI is InChI=1S/C17H13BrN2O5S/c18-11-2-9(5-12(21)15(11)24)7-20-17(26)10(6-19)1-8-3-13(22)16(25)14(23)4-8/h1-5,21-25H,7H2,(H,20,26)/b10-1-. The van der Waals surface area contributed by atoms with Gasteiger partial charge in [-0.25, -0.2) is 0 Å². The summed E-state index contributed by atoms with van der Waals surface area (Å²) in [6, 6.07) is 7.18. The van der Waals surface area contributed by atoms with Crippen LogP contribution < -0.4 is 5.32 Å². The van der Waals surface area contributed by atoms with Crippen molar-refractivity contribution >= 4 is 39.2 Å². The average molecular weight is 437 g/mol. The third kappa shape index (κ3) is 4.36. The van der Waals surface area contributed by atoms with Gasteiger partial charge in [-0.15, -0.1) is 0 Å². The number of aromatic hydroxyl groups is 5. The van der Waals surface area contributed by atoms with E-state index in [0.29, 0.717) is 10.0 Å². The van der Waals surface area contributed by atoms with Gasteiger partial charge in [0.1, 0.15) is 11.1 Å². The van der Waals surface area contributed by atoms with Crippen molar-refractivity contribution in [2.24, 2.45) is 0 Å². The van der Waals surface area contributed by atoms with Crippen molar-refractivity contribution < 1.29 is 25.5 Å². The second kappa shape index (κ2) is 7.95. The van der Waals surface area contributed by atoms with E-state index < -0.39 is 17.2 Å². The van der Waals surface area contributed by atoms with Crippen LogP contribution >= 0.6 is 28.1 Å². The van der Waals surface area contributed by atoms with Gasteiger partial charge in [0, 0.05) is 6.54 Å². The molecule has 0 bridgehead atoms. The van der Waals surface area contributed by atoms with Crippen molar-refractivity contribution in [3.63, 3.8) is 0 Å². The highest BCUT2D eigenvalue weighted by atomic mass is 79.9. The molecule has 26 heavy (non-hydrogen) atoms. The third-order valence-electron chi connectivity index (χ3n) is 3.32. The Morgan fingerprint density at radius 1 is 1.04 bits per heavy atom. The Balaban J connectivity index is 2.18. The van der Waals surface area contributed by atoms with Crippen molar-refractivity contribution in [2.45, 2.75) is 6.54 Å². The van der Waals surface area contributed by atoms with E-state index >= 15 is 0 Å². The Hall–Kier alpha value is -2.96. The van der Waals surface area contributed by atoms with Crippen molar-refractivity contribution in [3.05, 3.63) is 45.4 Å². The average Bonchev–Trinajstić information content (AvgIpc) is 2.59. The third-order valence-corrected chi connectivity index (χ3v) is 4.29. The van der Waals surface area contributed by atoms with E-state index in [9.17, 15) is 30.8 Å². The highest BCUT2D eigenvalue weighted by molar-refractivity contribution is 9.10. The topological polar surface area (TPSA) is 137 Å². The van der Waals surface area contributed by atoms with E-state index in [0.717, 1.165) is 0 Å². The zero-order valence-corrected chi connectivity index (χ0v) is 15.5.